The summed E-state index contributed by atoms with van der Waals surface area (Å²) in [4.78, 5) is 0. The van der Waals surface area contributed by atoms with E-state index in [0.717, 1.165) is 44.9 Å². The van der Waals surface area contributed by atoms with Gasteiger partial charge < -0.3 is 0 Å². The van der Waals surface area contributed by atoms with Gasteiger partial charge in [-0.15, -0.1) is 0 Å². The van der Waals surface area contributed by atoms with Crippen LogP contribution in [0, 0.1) is 55.6 Å². The van der Waals surface area contributed by atoms with Gasteiger partial charge in [-0.05, 0) is 144 Å². The van der Waals surface area contributed by atoms with Crippen molar-refractivity contribution in [2.45, 2.75) is 69.6 Å². The average Bonchev–Trinajstić information content (AvgIpc) is 3.83. The van der Waals surface area contributed by atoms with E-state index in [1.54, 1.807) is 16.7 Å². The topological polar surface area (TPSA) is 0 Å². The molecule has 8 aliphatic rings. The van der Waals surface area contributed by atoms with Crippen molar-refractivity contribution < 1.29 is 0 Å². The lowest BCUT2D eigenvalue weighted by molar-refractivity contribution is 0.298. The molecule has 64 heavy (non-hydrogen) atoms. The molecule has 8 aliphatic carbocycles. The van der Waals surface area contributed by atoms with Gasteiger partial charge in [0, 0.05) is 28.4 Å². The average molecular weight is 825 g/mol. The van der Waals surface area contributed by atoms with Crippen LogP contribution in [0.2, 0.25) is 0 Å². The number of fused-ring (bicyclic) bond motifs is 5. The van der Waals surface area contributed by atoms with Crippen molar-refractivity contribution in [2.24, 2.45) is 29.6 Å². The second-order valence-electron chi connectivity index (χ2n) is 19.6. The Bertz CT molecular complexity index is 2920. The summed E-state index contributed by atoms with van der Waals surface area (Å²) in [6.45, 7) is 4.44. The number of allylic oxidation sites excluding steroid dienone is 24. The molecule has 0 aliphatic heterocycles. The largest absolute Gasteiger partial charge is 0.0839 e. The molecule has 12 rings (SSSR count). The highest BCUT2D eigenvalue weighted by Gasteiger charge is 2.56. The molecule has 0 nitrogen and oxygen atoms in total. The van der Waals surface area contributed by atoms with Crippen LogP contribution in [-0.4, -0.2) is 0 Å². The fraction of sp³-hybridized carbons (Fsp3) is 0.250. The van der Waals surface area contributed by atoms with Crippen molar-refractivity contribution in [3.8, 4) is 0 Å². The molecular formula is C64H56. The van der Waals surface area contributed by atoms with Crippen molar-refractivity contribution in [2.75, 3.05) is 0 Å². The molecule has 0 radical (unpaired) electrons. The lowest BCUT2D eigenvalue weighted by atomic mass is 9.56. The SMILES string of the molecule is Cc1ccc(C2(C3=CCC(C4C=CC=CC4)C=C3)c3cc(C4=CC=C5C6=C(C=CCC6)C(c6ccc(C)cc6)(C6C=CC(c7ccccc7)=CC6)C5C4)c#cc3C3=CC=CCC32)cc1. The third kappa shape index (κ3) is 6.04. The summed E-state index contributed by atoms with van der Waals surface area (Å²) in [6, 6.07) is 40.4. The Morgan fingerprint density at radius 3 is 2.16 bits per heavy atom. The summed E-state index contributed by atoms with van der Waals surface area (Å²) < 4.78 is 0. The van der Waals surface area contributed by atoms with Crippen molar-refractivity contribution in [3.63, 3.8) is 0 Å². The maximum atomic E-state index is 3.90. The molecule has 4 aromatic carbocycles. The first-order valence-electron chi connectivity index (χ1n) is 24.0. The molecule has 0 saturated carbocycles. The monoisotopic (exact) mass is 824 g/mol. The van der Waals surface area contributed by atoms with E-state index in [4.69, 9.17) is 0 Å². The Hall–Kier alpha value is -6.42. The Kier molecular flexibility index (Phi) is 9.60. The first-order valence-corrected chi connectivity index (χ1v) is 24.0. The molecule has 0 fully saturated rings. The second kappa shape index (κ2) is 15.7. The predicted molar refractivity (Wildman–Crippen MR) is 267 cm³/mol. The van der Waals surface area contributed by atoms with E-state index in [0.29, 0.717) is 23.7 Å². The summed E-state index contributed by atoms with van der Waals surface area (Å²) >= 11 is 0. The fourth-order valence-electron chi connectivity index (χ4n) is 13.3. The zero-order valence-corrected chi connectivity index (χ0v) is 37.2. The highest BCUT2D eigenvalue weighted by atomic mass is 14.6. The second-order valence-corrected chi connectivity index (χ2v) is 19.6. The van der Waals surface area contributed by atoms with Crippen molar-refractivity contribution in [1.29, 1.82) is 0 Å². The van der Waals surface area contributed by atoms with Gasteiger partial charge in [-0.1, -0.05) is 205 Å². The third-order valence-electron chi connectivity index (χ3n) is 16.4. The molecule has 0 N–H and O–H groups in total. The summed E-state index contributed by atoms with van der Waals surface area (Å²) in [5, 5.41) is 0. The van der Waals surface area contributed by atoms with Crippen molar-refractivity contribution in [3.05, 3.63) is 267 Å². The maximum Gasteiger partial charge on any atom is 0.0532 e. The molecular weight excluding hydrogens is 769 g/mol. The summed E-state index contributed by atoms with van der Waals surface area (Å²) in [7, 11) is 0. The molecule has 0 spiro atoms. The van der Waals surface area contributed by atoms with Crippen molar-refractivity contribution in [1.82, 2.24) is 0 Å². The van der Waals surface area contributed by atoms with Crippen LogP contribution < -0.4 is 0 Å². The molecule has 0 heterocycles. The van der Waals surface area contributed by atoms with Gasteiger partial charge in [0.15, 0.2) is 0 Å². The van der Waals surface area contributed by atoms with Gasteiger partial charge in [0.05, 0.1) is 5.41 Å². The predicted octanol–water partition coefficient (Wildman–Crippen LogP) is 15.4. The molecule has 312 valence electrons. The van der Waals surface area contributed by atoms with E-state index in [1.807, 2.05) is 0 Å². The molecule has 7 unspecified atom stereocenters. The van der Waals surface area contributed by atoms with Gasteiger partial charge in [0.25, 0.3) is 0 Å². The van der Waals surface area contributed by atoms with Gasteiger partial charge in [0.2, 0.25) is 0 Å². The van der Waals surface area contributed by atoms with Gasteiger partial charge in [-0.3, -0.25) is 0 Å². The minimum absolute atomic E-state index is 0.199. The summed E-state index contributed by atoms with van der Waals surface area (Å²) in [5.74, 6) is 1.95. The van der Waals surface area contributed by atoms with Crippen LogP contribution in [0.5, 0.6) is 0 Å². The number of aryl methyl sites for hydroxylation is 2. The van der Waals surface area contributed by atoms with Crippen LogP contribution in [0.25, 0.3) is 16.7 Å². The van der Waals surface area contributed by atoms with E-state index in [-0.39, 0.29) is 16.7 Å². The van der Waals surface area contributed by atoms with E-state index in [2.05, 4.69) is 214 Å². The Morgan fingerprint density at radius 2 is 1.41 bits per heavy atom. The highest BCUT2D eigenvalue weighted by molar-refractivity contribution is 5.86. The minimum Gasteiger partial charge on any atom is -0.0839 e. The molecule has 0 amide bonds. The quantitative estimate of drug-likeness (QED) is 0.174. The Morgan fingerprint density at radius 1 is 0.609 bits per heavy atom. The van der Waals surface area contributed by atoms with E-state index in [1.165, 1.54) is 66.8 Å². The minimum atomic E-state index is -0.333. The maximum absolute atomic E-state index is 3.90. The van der Waals surface area contributed by atoms with E-state index in [9.17, 15) is 0 Å². The zero-order chi connectivity index (χ0) is 42.8. The molecule has 0 heteroatoms. The molecule has 0 saturated heterocycles. The zero-order valence-electron chi connectivity index (χ0n) is 37.2. The van der Waals surface area contributed by atoms with Crippen LogP contribution >= 0.6 is 0 Å². The van der Waals surface area contributed by atoms with E-state index >= 15 is 0 Å². The fourth-order valence-corrected chi connectivity index (χ4v) is 13.3. The van der Waals surface area contributed by atoms with Crippen LogP contribution in [0.4, 0.5) is 0 Å². The number of hydrogen-bond donors (Lipinski definition) is 0. The lowest BCUT2D eigenvalue weighted by Gasteiger charge is -2.46. The van der Waals surface area contributed by atoms with Gasteiger partial charge in [-0.25, -0.2) is 0 Å². The van der Waals surface area contributed by atoms with Crippen molar-refractivity contribution >= 4 is 16.7 Å². The van der Waals surface area contributed by atoms with Gasteiger partial charge in [-0.2, -0.15) is 0 Å². The Balaban J connectivity index is 0.988. The van der Waals surface area contributed by atoms with Crippen LogP contribution in [0.15, 0.2) is 211 Å². The smallest absolute Gasteiger partial charge is 0.0532 e. The van der Waals surface area contributed by atoms with Crippen LogP contribution in [0.1, 0.15) is 89.5 Å². The normalized spacial score (nSPS) is 29.5. The molecule has 7 atom stereocenters. The number of rotatable bonds is 7. The van der Waals surface area contributed by atoms with E-state index < -0.39 is 0 Å². The van der Waals surface area contributed by atoms with Crippen LogP contribution in [0.3, 0.4) is 0 Å². The Labute approximate surface area is 381 Å². The summed E-state index contributed by atoms with van der Waals surface area (Å²) in [5.41, 5.74) is 20.2. The number of hydrogen-bond acceptors (Lipinski definition) is 0. The molecule has 4 aromatic rings. The third-order valence-corrected chi connectivity index (χ3v) is 16.4. The van der Waals surface area contributed by atoms with Crippen LogP contribution in [-0.2, 0) is 10.8 Å². The first-order chi connectivity index (χ1) is 31.5. The lowest BCUT2D eigenvalue weighted by Crippen LogP contribution is -2.42. The molecule has 0 bridgehead atoms. The number of benzene rings is 3. The summed E-state index contributed by atoms with van der Waals surface area (Å²) in [6.07, 6.45) is 48.7. The van der Waals surface area contributed by atoms with Gasteiger partial charge >= 0.3 is 0 Å². The first kappa shape index (κ1) is 39.2. The standard InChI is InChI=1S/C64H56/c1-43-21-31-51(32-22-43)63(53-35-25-47(26-36-53)45-13-5-3-6-14-45)59-19-11-9-17-55(59)57-39-29-49(41-61(57)63)50-30-40-58-56-18-10-12-20-60(56)64(62(58)42-50,52-33-23-44(2)24-34-52)54-37-27-48(28-38-54)46-15-7-4-8-16-46/h3-9,11-13,15-17,20-25,27-28,30-37,40-41,45,47,54,59,62H,10,14,18-19,26,38,42H2,1-2H3. The molecule has 0 aromatic heterocycles. The van der Waals surface area contributed by atoms with Gasteiger partial charge in [0.1, 0.15) is 0 Å². The highest BCUT2D eigenvalue weighted by Crippen LogP contribution is 2.64.